The second kappa shape index (κ2) is 8.22. The van der Waals surface area contributed by atoms with Crippen molar-refractivity contribution < 1.29 is 32.3 Å². The maximum Gasteiger partial charge on any atom is 0.410 e. The molecule has 2 saturated heterocycles. The summed E-state index contributed by atoms with van der Waals surface area (Å²) in [6, 6.07) is 2.33. The Hall–Kier alpha value is -2.29. The van der Waals surface area contributed by atoms with Crippen LogP contribution < -0.4 is 0 Å². The number of hydrogen-bond donors (Lipinski definition) is 0. The van der Waals surface area contributed by atoms with Gasteiger partial charge < -0.3 is 9.64 Å². The third-order valence-electron chi connectivity index (χ3n) is 4.90. The first-order chi connectivity index (χ1) is 13.5. The van der Waals surface area contributed by atoms with Gasteiger partial charge in [-0.1, -0.05) is 0 Å². The summed E-state index contributed by atoms with van der Waals surface area (Å²) in [7, 11) is 0. The second-order valence-electron chi connectivity index (χ2n) is 8.34. The van der Waals surface area contributed by atoms with Gasteiger partial charge >= 0.3 is 6.09 Å². The van der Waals surface area contributed by atoms with Crippen molar-refractivity contribution in [3.05, 3.63) is 35.4 Å². The number of carbonyl (C=O) groups excluding carboxylic acids is 2. The summed E-state index contributed by atoms with van der Waals surface area (Å²) in [6.45, 7) is 5.23. The van der Waals surface area contributed by atoms with Crippen LogP contribution in [0.25, 0.3) is 0 Å². The molecule has 29 heavy (non-hydrogen) atoms. The fraction of sp³-hybridized carbons (Fsp3) is 0.600. The number of benzene rings is 1. The van der Waals surface area contributed by atoms with Crippen LogP contribution in [0.4, 0.5) is 18.0 Å². The van der Waals surface area contributed by atoms with Gasteiger partial charge in [-0.05, 0) is 44.9 Å². The van der Waals surface area contributed by atoms with E-state index in [9.17, 15) is 22.8 Å². The highest BCUT2D eigenvalue weighted by Crippen LogP contribution is 2.35. The van der Waals surface area contributed by atoms with Crippen LogP contribution >= 0.6 is 0 Å². The van der Waals surface area contributed by atoms with E-state index in [4.69, 9.17) is 9.57 Å². The van der Waals surface area contributed by atoms with Crippen LogP contribution in [-0.2, 0) is 14.4 Å². The van der Waals surface area contributed by atoms with Gasteiger partial charge in [-0.15, -0.1) is 0 Å². The summed E-state index contributed by atoms with van der Waals surface area (Å²) in [6.07, 6.45) is -1.78. The third-order valence-corrected chi connectivity index (χ3v) is 4.90. The lowest BCUT2D eigenvalue weighted by atomic mass is 9.93. The van der Waals surface area contributed by atoms with Gasteiger partial charge in [-0.3, -0.25) is 9.63 Å². The fourth-order valence-electron chi connectivity index (χ4n) is 3.60. The monoisotopic (exact) mass is 414 g/mol. The minimum atomic E-state index is -1.60. The molecule has 0 aliphatic carbocycles. The largest absolute Gasteiger partial charge is 0.444 e. The maximum absolute atomic E-state index is 14.8. The summed E-state index contributed by atoms with van der Waals surface area (Å²) in [5.74, 6) is -3.11. The van der Waals surface area contributed by atoms with Crippen molar-refractivity contribution in [2.75, 3.05) is 19.7 Å². The SMILES string of the molecule is CC(C)(C)OC(=O)N1CCC(C(=O)N2OCCC2c2cc(F)cc(F)c2)C(F)C1. The van der Waals surface area contributed by atoms with Crippen molar-refractivity contribution in [1.82, 2.24) is 9.96 Å². The molecule has 3 atom stereocenters. The number of likely N-dealkylation sites (tertiary alicyclic amines) is 1. The van der Waals surface area contributed by atoms with E-state index < -0.39 is 47.4 Å². The molecule has 2 aliphatic rings. The number of ether oxygens (including phenoxy) is 1. The lowest BCUT2D eigenvalue weighted by molar-refractivity contribution is -0.185. The number of hydroxylamine groups is 2. The molecule has 3 rings (SSSR count). The number of alkyl halides is 1. The molecule has 0 radical (unpaired) electrons. The highest BCUT2D eigenvalue weighted by molar-refractivity contribution is 5.80. The molecular weight excluding hydrogens is 389 g/mol. The van der Waals surface area contributed by atoms with Crippen molar-refractivity contribution in [3.8, 4) is 0 Å². The number of hydrogen-bond acceptors (Lipinski definition) is 4. The molecule has 2 aliphatic heterocycles. The molecular formula is C20H25F3N2O4. The fourth-order valence-corrected chi connectivity index (χ4v) is 3.60. The van der Waals surface area contributed by atoms with Gasteiger partial charge in [-0.25, -0.2) is 23.0 Å². The number of rotatable bonds is 2. The molecule has 160 valence electrons. The first-order valence-electron chi connectivity index (χ1n) is 9.59. The summed E-state index contributed by atoms with van der Waals surface area (Å²) < 4.78 is 47.2. The van der Waals surface area contributed by atoms with Crippen LogP contribution in [0, 0.1) is 17.6 Å². The lowest BCUT2D eigenvalue weighted by Gasteiger charge is -2.36. The molecule has 6 nitrogen and oxygen atoms in total. The zero-order valence-electron chi connectivity index (χ0n) is 16.7. The van der Waals surface area contributed by atoms with Crippen LogP contribution in [0.15, 0.2) is 18.2 Å². The standard InChI is InChI=1S/C20H25F3N2O4/c1-20(2,3)29-19(27)24-6-4-15(16(23)11-24)18(26)25-17(5-7-28-25)12-8-13(21)10-14(22)9-12/h8-10,15-17H,4-7,11H2,1-3H3. The van der Waals surface area contributed by atoms with Gasteiger partial charge in [0.15, 0.2) is 0 Å². The molecule has 1 aromatic rings. The molecule has 0 aromatic heterocycles. The first kappa shape index (κ1) is 21.4. The Balaban J connectivity index is 1.68. The molecule has 1 aromatic carbocycles. The van der Waals surface area contributed by atoms with E-state index in [1.165, 1.54) is 4.90 Å². The highest BCUT2D eigenvalue weighted by Gasteiger charge is 2.43. The zero-order chi connectivity index (χ0) is 21.3. The first-order valence-corrected chi connectivity index (χ1v) is 9.59. The topological polar surface area (TPSA) is 59.1 Å². The summed E-state index contributed by atoms with van der Waals surface area (Å²) in [5.41, 5.74) is -0.443. The van der Waals surface area contributed by atoms with E-state index in [0.29, 0.717) is 6.42 Å². The Morgan fingerprint density at radius 3 is 2.38 bits per heavy atom. The molecule has 0 spiro atoms. The van der Waals surface area contributed by atoms with Crippen LogP contribution in [0.2, 0.25) is 0 Å². The van der Waals surface area contributed by atoms with Crippen LogP contribution in [0.5, 0.6) is 0 Å². The van der Waals surface area contributed by atoms with Crippen molar-refractivity contribution in [2.24, 2.45) is 5.92 Å². The van der Waals surface area contributed by atoms with Gasteiger partial charge in [0.1, 0.15) is 23.4 Å². The molecule has 9 heteroatoms. The van der Waals surface area contributed by atoms with E-state index in [-0.39, 0.29) is 31.7 Å². The van der Waals surface area contributed by atoms with Gasteiger partial charge in [0.05, 0.1) is 25.1 Å². The second-order valence-corrected chi connectivity index (χ2v) is 8.34. The molecule has 2 heterocycles. The van der Waals surface area contributed by atoms with E-state index >= 15 is 0 Å². The average molecular weight is 414 g/mol. The third kappa shape index (κ3) is 5.01. The predicted octanol–water partition coefficient (Wildman–Crippen LogP) is 3.76. The van der Waals surface area contributed by atoms with Crippen molar-refractivity contribution in [2.45, 2.75) is 51.4 Å². The van der Waals surface area contributed by atoms with Gasteiger partial charge in [0.2, 0.25) is 0 Å². The average Bonchev–Trinajstić information content (AvgIpc) is 3.08. The molecule has 0 N–H and O–H groups in total. The Bertz CT molecular complexity index is 763. The predicted molar refractivity (Wildman–Crippen MR) is 97.3 cm³/mol. The van der Waals surface area contributed by atoms with E-state index in [1.807, 2.05) is 0 Å². The molecule has 2 amide bonds. The number of amides is 2. The normalized spacial score (nSPS) is 25.2. The van der Waals surface area contributed by atoms with Gasteiger partial charge in [0, 0.05) is 19.0 Å². The lowest BCUT2D eigenvalue weighted by Crippen LogP contribution is -2.51. The maximum atomic E-state index is 14.8. The minimum absolute atomic E-state index is 0.101. The molecule has 0 saturated carbocycles. The zero-order valence-corrected chi connectivity index (χ0v) is 16.7. The molecule has 2 fully saturated rings. The quantitative estimate of drug-likeness (QED) is 0.739. The van der Waals surface area contributed by atoms with E-state index in [0.717, 1.165) is 23.3 Å². The van der Waals surface area contributed by atoms with Crippen molar-refractivity contribution >= 4 is 12.0 Å². The highest BCUT2D eigenvalue weighted by atomic mass is 19.1. The van der Waals surface area contributed by atoms with Crippen LogP contribution in [0.1, 0.15) is 45.2 Å². The number of piperidine rings is 1. The number of halogens is 3. The molecule has 3 unspecified atom stereocenters. The van der Waals surface area contributed by atoms with Crippen molar-refractivity contribution in [3.63, 3.8) is 0 Å². The van der Waals surface area contributed by atoms with Gasteiger partial charge in [0.25, 0.3) is 5.91 Å². The summed E-state index contributed by atoms with van der Waals surface area (Å²) >= 11 is 0. The summed E-state index contributed by atoms with van der Waals surface area (Å²) in [5, 5.41) is 1.02. The van der Waals surface area contributed by atoms with E-state index in [1.54, 1.807) is 20.8 Å². The Morgan fingerprint density at radius 1 is 1.14 bits per heavy atom. The summed E-state index contributed by atoms with van der Waals surface area (Å²) in [4.78, 5) is 31.7. The van der Waals surface area contributed by atoms with Crippen LogP contribution in [0.3, 0.4) is 0 Å². The Morgan fingerprint density at radius 2 is 1.79 bits per heavy atom. The Kier molecular flexibility index (Phi) is 6.07. The van der Waals surface area contributed by atoms with Crippen LogP contribution in [-0.4, -0.2) is 53.4 Å². The van der Waals surface area contributed by atoms with E-state index in [2.05, 4.69) is 0 Å². The number of nitrogens with zero attached hydrogens (tertiary/aromatic N) is 2. The Labute approximate surface area is 167 Å². The minimum Gasteiger partial charge on any atom is -0.444 e. The number of carbonyl (C=O) groups is 2. The molecule has 0 bridgehead atoms. The van der Waals surface area contributed by atoms with Crippen molar-refractivity contribution in [1.29, 1.82) is 0 Å². The van der Waals surface area contributed by atoms with Gasteiger partial charge in [-0.2, -0.15) is 0 Å². The smallest absolute Gasteiger partial charge is 0.410 e.